The van der Waals surface area contributed by atoms with E-state index in [0.717, 1.165) is 0 Å². The number of methoxy groups -OCH3 is 1. The number of pyridine rings is 1. The zero-order valence-electron chi connectivity index (χ0n) is 13.2. The van der Waals surface area contributed by atoms with Crippen LogP contribution in [0.3, 0.4) is 0 Å². The molecule has 0 spiro atoms. The summed E-state index contributed by atoms with van der Waals surface area (Å²) in [5.41, 5.74) is 0.655. The molecule has 23 heavy (non-hydrogen) atoms. The maximum absolute atomic E-state index is 11.6. The van der Waals surface area contributed by atoms with Crippen LogP contribution in [-0.2, 0) is 23.7 Å². The summed E-state index contributed by atoms with van der Waals surface area (Å²) in [4.78, 5) is 15.6. The molecule has 0 aromatic carbocycles. The van der Waals surface area contributed by atoms with Crippen LogP contribution in [0, 0.1) is 12.3 Å². The van der Waals surface area contributed by atoms with E-state index < -0.39 is 0 Å². The van der Waals surface area contributed by atoms with Gasteiger partial charge in [0, 0.05) is 18.9 Å². The van der Waals surface area contributed by atoms with Crippen LogP contribution < -0.4 is 5.32 Å². The number of amides is 1. The second kappa shape index (κ2) is 12.6. The van der Waals surface area contributed by atoms with E-state index in [0.29, 0.717) is 51.0 Å². The Bertz CT molecular complexity index is 484. The Morgan fingerprint density at radius 1 is 1.13 bits per heavy atom. The zero-order valence-corrected chi connectivity index (χ0v) is 13.2. The number of ether oxygens (including phenoxy) is 4. The fourth-order valence-electron chi connectivity index (χ4n) is 1.48. The Morgan fingerprint density at radius 3 is 2.35 bits per heavy atom. The van der Waals surface area contributed by atoms with Crippen molar-refractivity contribution in [1.29, 1.82) is 0 Å². The number of carbonyl (C=O) groups is 1. The lowest BCUT2D eigenvalue weighted by Crippen LogP contribution is -2.20. The van der Waals surface area contributed by atoms with Gasteiger partial charge in [0.05, 0.1) is 39.6 Å². The number of hydrogen-bond donors (Lipinski definition) is 1. The number of terminal acetylenes is 1. The first-order chi connectivity index (χ1) is 11.3. The Balaban J connectivity index is 1.98. The van der Waals surface area contributed by atoms with E-state index in [2.05, 4.69) is 16.2 Å². The molecule has 0 fully saturated rings. The minimum absolute atomic E-state index is 0.0632. The van der Waals surface area contributed by atoms with E-state index in [1.807, 2.05) is 0 Å². The summed E-state index contributed by atoms with van der Waals surface area (Å²) < 4.78 is 20.6. The lowest BCUT2D eigenvalue weighted by Gasteiger charge is -2.07. The Morgan fingerprint density at radius 2 is 1.78 bits per heavy atom. The van der Waals surface area contributed by atoms with Crippen LogP contribution >= 0.6 is 0 Å². The van der Waals surface area contributed by atoms with Crippen molar-refractivity contribution in [3.05, 3.63) is 23.9 Å². The van der Waals surface area contributed by atoms with Gasteiger partial charge in [0.15, 0.2) is 0 Å². The predicted molar refractivity (Wildman–Crippen MR) is 85.1 cm³/mol. The van der Waals surface area contributed by atoms with Crippen LogP contribution in [0.2, 0.25) is 0 Å². The second-order valence-corrected chi connectivity index (χ2v) is 4.39. The molecule has 1 rings (SSSR count). The van der Waals surface area contributed by atoms with Crippen molar-refractivity contribution in [2.45, 2.75) is 0 Å². The van der Waals surface area contributed by atoms with Crippen LogP contribution in [-0.4, -0.2) is 64.2 Å². The highest BCUT2D eigenvalue weighted by molar-refractivity contribution is 5.90. The van der Waals surface area contributed by atoms with Crippen molar-refractivity contribution < 1.29 is 23.7 Å². The Hall–Kier alpha value is -1.98. The molecule has 0 saturated carbocycles. The maximum Gasteiger partial charge on any atom is 0.251 e. The summed E-state index contributed by atoms with van der Waals surface area (Å²) in [5, 5.41) is 2.61. The molecule has 7 nitrogen and oxygen atoms in total. The Kier molecular flexibility index (Phi) is 10.4. The van der Waals surface area contributed by atoms with Crippen LogP contribution in [0.15, 0.2) is 18.3 Å². The topological polar surface area (TPSA) is 78.9 Å². The number of rotatable bonds is 12. The van der Waals surface area contributed by atoms with Gasteiger partial charge in [-0.05, 0) is 12.1 Å². The summed E-state index contributed by atoms with van der Waals surface area (Å²) >= 11 is 0. The maximum atomic E-state index is 11.6. The molecule has 126 valence electrons. The SMILES string of the molecule is C#Cc1ccc(NC(=O)COCCOCCOCCOC)nc1. The van der Waals surface area contributed by atoms with Gasteiger partial charge in [0.1, 0.15) is 12.4 Å². The van der Waals surface area contributed by atoms with Crippen LogP contribution in [0.25, 0.3) is 0 Å². The quantitative estimate of drug-likeness (QED) is 0.451. The molecule has 1 amide bonds. The van der Waals surface area contributed by atoms with Crippen molar-refractivity contribution in [3.8, 4) is 12.3 Å². The number of nitrogens with zero attached hydrogens (tertiary/aromatic N) is 1. The van der Waals surface area contributed by atoms with Crippen molar-refractivity contribution >= 4 is 11.7 Å². The summed E-state index contributed by atoms with van der Waals surface area (Å²) in [7, 11) is 1.62. The molecular formula is C16H22N2O5. The normalized spacial score (nSPS) is 10.3. The molecule has 1 aromatic heterocycles. The van der Waals surface area contributed by atoms with Crippen molar-refractivity contribution in [3.63, 3.8) is 0 Å². The van der Waals surface area contributed by atoms with Gasteiger partial charge < -0.3 is 24.3 Å². The van der Waals surface area contributed by atoms with E-state index >= 15 is 0 Å². The molecule has 0 saturated heterocycles. The van der Waals surface area contributed by atoms with Crippen LogP contribution in [0.5, 0.6) is 0 Å². The van der Waals surface area contributed by atoms with Gasteiger partial charge in [0.25, 0.3) is 5.91 Å². The minimum Gasteiger partial charge on any atom is -0.382 e. The molecule has 0 atom stereocenters. The minimum atomic E-state index is -0.283. The van der Waals surface area contributed by atoms with E-state index in [4.69, 9.17) is 25.4 Å². The van der Waals surface area contributed by atoms with Crippen molar-refractivity contribution in [2.24, 2.45) is 0 Å². The van der Waals surface area contributed by atoms with Crippen molar-refractivity contribution in [2.75, 3.05) is 58.7 Å². The fraction of sp³-hybridized carbons (Fsp3) is 0.500. The first-order valence-corrected chi connectivity index (χ1v) is 7.21. The number of anilines is 1. The van der Waals surface area contributed by atoms with Gasteiger partial charge >= 0.3 is 0 Å². The largest absolute Gasteiger partial charge is 0.382 e. The third kappa shape index (κ3) is 9.60. The molecule has 0 radical (unpaired) electrons. The first kappa shape index (κ1) is 19.1. The summed E-state index contributed by atoms with van der Waals surface area (Å²) in [6.45, 7) is 2.76. The predicted octanol–water partition coefficient (Wildman–Crippen LogP) is 0.698. The van der Waals surface area contributed by atoms with Crippen LogP contribution in [0.4, 0.5) is 5.82 Å². The van der Waals surface area contributed by atoms with Gasteiger partial charge in [-0.3, -0.25) is 4.79 Å². The highest BCUT2D eigenvalue weighted by Gasteiger charge is 2.03. The molecule has 1 heterocycles. The van der Waals surface area contributed by atoms with Crippen LogP contribution in [0.1, 0.15) is 5.56 Å². The zero-order chi connectivity index (χ0) is 16.8. The molecule has 0 aliphatic rings. The lowest BCUT2D eigenvalue weighted by atomic mass is 10.3. The van der Waals surface area contributed by atoms with Gasteiger partial charge in [0.2, 0.25) is 0 Å². The van der Waals surface area contributed by atoms with Gasteiger partial charge in [-0.1, -0.05) is 5.92 Å². The molecular weight excluding hydrogens is 300 g/mol. The molecule has 0 aliphatic carbocycles. The third-order valence-electron chi connectivity index (χ3n) is 2.61. The smallest absolute Gasteiger partial charge is 0.251 e. The van der Waals surface area contributed by atoms with E-state index in [1.165, 1.54) is 6.20 Å². The molecule has 1 N–H and O–H groups in total. The van der Waals surface area contributed by atoms with Gasteiger partial charge in [-0.15, -0.1) is 6.42 Å². The van der Waals surface area contributed by atoms with E-state index in [9.17, 15) is 4.79 Å². The Labute approximate surface area is 136 Å². The number of nitrogens with one attached hydrogen (secondary N) is 1. The number of hydrogen-bond acceptors (Lipinski definition) is 6. The molecule has 7 heteroatoms. The standard InChI is InChI=1S/C16H22N2O5/c1-3-14-4-5-15(17-12-14)18-16(19)13-23-11-10-22-9-8-21-7-6-20-2/h1,4-5,12H,6-11,13H2,2H3,(H,17,18,19). The summed E-state index contributed by atoms with van der Waals surface area (Å²) in [6.07, 6.45) is 6.74. The summed E-state index contributed by atoms with van der Waals surface area (Å²) in [5.74, 6) is 2.60. The van der Waals surface area contributed by atoms with Gasteiger partial charge in [-0.25, -0.2) is 4.98 Å². The first-order valence-electron chi connectivity index (χ1n) is 7.21. The van der Waals surface area contributed by atoms with E-state index in [1.54, 1.807) is 19.2 Å². The van der Waals surface area contributed by atoms with Crippen molar-refractivity contribution in [1.82, 2.24) is 4.98 Å². The highest BCUT2D eigenvalue weighted by atomic mass is 16.6. The average molecular weight is 322 g/mol. The third-order valence-corrected chi connectivity index (χ3v) is 2.61. The average Bonchev–Trinajstić information content (AvgIpc) is 2.57. The molecule has 1 aromatic rings. The highest BCUT2D eigenvalue weighted by Crippen LogP contribution is 2.03. The second-order valence-electron chi connectivity index (χ2n) is 4.39. The lowest BCUT2D eigenvalue weighted by molar-refractivity contribution is -0.121. The van der Waals surface area contributed by atoms with Gasteiger partial charge in [-0.2, -0.15) is 0 Å². The van der Waals surface area contributed by atoms with E-state index in [-0.39, 0.29) is 12.5 Å². The summed E-state index contributed by atoms with van der Waals surface area (Å²) in [6, 6.07) is 3.34. The fourth-order valence-corrected chi connectivity index (χ4v) is 1.48. The molecule has 0 aliphatic heterocycles. The monoisotopic (exact) mass is 322 g/mol. The molecule has 0 unspecified atom stereocenters. The number of aromatic nitrogens is 1. The molecule has 0 bridgehead atoms. The number of carbonyl (C=O) groups excluding carboxylic acids is 1.